The lowest BCUT2D eigenvalue weighted by Crippen LogP contribution is -2.48. The number of morpholine rings is 1. The highest BCUT2D eigenvalue weighted by molar-refractivity contribution is 5.80. The van der Waals surface area contributed by atoms with Crippen molar-refractivity contribution in [3.63, 3.8) is 0 Å². The highest BCUT2D eigenvalue weighted by Gasteiger charge is 2.41. The van der Waals surface area contributed by atoms with E-state index in [-0.39, 0.29) is 6.10 Å². The number of nitrogens with one attached hydrogen (secondary N) is 2. The van der Waals surface area contributed by atoms with E-state index in [2.05, 4.69) is 29.5 Å². The maximum absolute atomic E-state index is 5.90. The molecular formula is C15H28N4O2. The molecule has 4 atom stereocenters. The van der Waals surface area contributed by atoms with Crippen LogP contribution >= 0.6 is 0 Å². The van der Waals surface area contributed by atoms with E-state index in [0.29, 0.717) is 24.8 Å². The topological polar surface area (TPSA) is 58.1 Å². The molecule has 21 heavy (non-hydrogen) atoms. The first kappa shape index (κ1) is 15.1. The Hall–Kier alpha value is -0.850. The second kappa shape index (κ2) is 6.94. The predicted octanol–water partition coefficient (Wildman–Crippen LogP) is 0.192. The molecule has 3 aliphatic heterocycles. The Kier molecular flexibility index (Phi) is 4.98. The number of hydrogen-bond acceptors (Lipinski definition) is 4. The van der Waals surface area contributed by atoms with Gasteiger partial charge in [0.1, 0.15) is 0 Å². The molecule has 2 N–H and O–H groups in total. The number of guanidine groups is 1. The summed E-state index contributed by atoms with van der Waals surface area (Å²) in [5.41, 5.74) is 0. The number of ether oxygens (including phenoxy) is 2. The number of fused-ring (bicyclic) bond motifs is 2. The third-order valence-corrected chi connectivity index (χ3v) is 4.57. The van der Waals surface area contributed by atoms with Crippen LogP contribution < -0.4 is 10.6 Å². The van der Waals surface area contributed by atoms with Crippen molar-refractivity contribution in [2.45, 2.75) is 50.5 Å². The molecule has 6 heteroatoms. The summed E-state index contributed by atoms with van der Waals surface area (Å²) in [6.07, 6.45) is 4.55. The Bertz CT molecular complexity index is 377. The van der Waals surface area contributed by atoms with Crippen LogP contribution in [0.4, 0.5) is 0 Å². The lowest BCUT2D eigenvalue weighted by Gasteiger charge is -2.29. The molecule has 0 radical (unpaired) electrons. The van der Waals surface area contributed by atoms with E-state index in [1.165, 1.54) is 12.8 Å². The second-order valence-corrected chi connectivity index (χ2v) is 6.34. The third-order valence-electron chi connectivity index (χ3n) is 4.57. The lowest BCUT2D eigenvalue weighted by molar-refractivity contribution is -0.0136. The maximum atomic E-state index is 5.90. The molecule has 3 fully saturated rings. The first-order valence-corrected chi connectivity index (χ1v) is 8.25. The molecule has 0 aromatic heterocycles. The third kappa shape index (κ3) is 3.87. The van der Waals surface area contributed by atoms with Crippen LogP contribution in [0, 0.1) is 0 Å². The van der Waals surface area contributed by atoms with Crippen LogP contribution in [0.1, 0.15) is 26.2 Å². The molecule has 3 saturated heterocycles. The van der Waals surface area contributed by atoms with Gasteiger partial charge in [-0.15, -0.1) is 0 Å². The Morgan fingerprint density at radius 1 is 1.38 bits per heavy atom. The minimum atomic E-state index is 0.204. The molecule has 0 amide bonds. The van der Waals surface area contributed by atoms with Gasteiger partial charge in [-0.1, -0.05) is 0 Å². The average Bonchev–Trinajstić information content (AvgIpc) is 3.08. The maximum Gasteiger partial charge on any atom is 0.191 e. The summed E-state index contributed by atoms with van der Waals surface area (Å²) in [6, 6.07) is 0.413. The van der Waals surface area contributed by atoms with E-state index < -0.39 is 0 Å². The van der Waals surface area contributed by atoms with E-state index in [1.807, 2.05) is 0 Å². The standard InChI is InChI=1S/C15H28N4O2/c1-3-16-15(17-9-12-10-19(2)6-7-20-12)18-13-8-11-4-5-14(13)21-11/h11-14H,3-10H2,1-2H3,(H2,16,17,18). The van der Waals surface area contributed by atoms with Crippen molar-refractivity contribution < 1.29 is 9.47 Å². The van der Waals surface area contributed by atoms with Gasteiger partial charge < -0.3 is 25.0 Å². The van der Waals surface area contributed by atoms with Crippen molar-refractivity contribution >= 4 is 5.96 Å². The molecule has 2 bridgehead atoms. The van der Waals surface area contributed by atoms with E-state index in [9.17, 15) is 0 Å². The van der Waals surface area contributed by atoms with E-state index >= 15 is 0 Å². The highest BCUT2D eigenvalue weighted by Crippen LogP contribution is 2.34. The monoisotopic (exact) mass is 296 g/mol. The van der Waals surface area contributed by atoms with E-state index in [1.54, 1.807) is 0 Å². The van der Waals surface area contributed by atoms with Crippen molar-refractivity contribution in [2.24, 2.45) is 4.99 Å². The predicted molar refractivity (Wildman–Crippen MR) is 82.7 cm³/mol. The Morgan fingerprint density at radius 3 is 2.95 bits per heavy atom. The van der Waals surface area contributed by atoms with Crippen LogP contribution in [0.2, 0.25) is 0 Å². The number of nitrogens with zero attached hydrogens (tertiary/aromatic N) is 2. The first-order chi connectivity index (χ1) is 10.2. The summed E-state index contributed by atoms with van der Waals surface area (Å²) in [5.74, 6) is 0.899. The van der Waals surface area contributed by atoms with Gasteiger partial charge in [-0.25, -0.2) is 0 Å². The molecule has 3 heterocycles. The van der Waals surface area contributed by atoms with Gasteiger partial charge in [-0.2, -0.15) is 0 Å². The number of likely N-dealkylation sites (N-methyl/N-ethyl adjacent to an activating group) is 1. The van der Waals surface area contributed by atoms with Crippen LogP contribution in [-0.4, -0.2) is 75.0 Å². The van der Waals surface area contributed by atoms with Gasteiger partial charge >= 0.3 is 0 Å². The van der Waals surface area contributed by atoms with Gasteiger partial charge in [0.25, 0.3) is 0 Å². The van der Waals surface area contributed by atoms with Crippen LogP contribution in [-0.2, 0) is 9.47 Å². The smallest absolute Gasteiger partial charge is 0.191 e. The van der Waals surface area contributed by atoms with Crippen LogP contribution in [0.15, 0.2) is 4.99 Å². The minimum Gasteiger partial charge on any atom is -0.374 e. The molecule has 3 rings (SSSR count). The fraction of sp³-hybridized carbons (Fsp3) is 0.933. The number of aliphatic imine (C=N–C) groups is 1. The van der Waals surface area contributed by atoms with Crippen LogP contribution in [0.5, 0.6) is 0 Å². The Balaban J connectivity index is 1.52. The minimum absolute atomic E-state index is 0.204. The Labute approximate surface area is 127 Å². The Morgan fingerprint density at radius 2 is 2.29 bits per heavy atom. The number of rotatable bonds is 4. The normalized spacial score (nSPS) is 37.0. The molecule has 0 aliphatic carbocycles. The van der Waals surface area contributed by atoms with Crippen LogP contribution in [0.25, 0.3) is 0 Å². The second-order valence-electron chi connectivity index (χ2n) is 6.34. The summed E-state index contributed by atoms with van der Waals surface area (Å²) < 4.78 is 11.7. The average molecular weight is 296 g/mol. The molecule has 0 aromatic rings. The zero-order valence-electron chi connectivity index (χ0n) is 13.2. The van der Waals surface area contributed by atoms with Gasteiger partial charge in [-0.05, 0) is 33.2 Å². The lowest BCUT2D eigenvalue weighted by atomic mass is 9.96. The van der Waals surface area contributed by atoms with Crippen molar-refractivity contribution in [3.8, 4) is 0 Å². The van der Waals surface area contributed by atoms with E-state index in [4.69, 9.17) is 14.5 Å². The zero-order chi connectivity index (χ0) is 14.7. The molecule has 0 saturated carbocycles. The van der Waals surface area contributed by atoms with Gasteiger partial charge in [0, 0.05) is 19.6 Å². The van der Waals surface area contributed by atoms with Crippen LogP contribution in [0.3, 0.4) is 0 Å². The molecule has 0 spiro atoms. The summed E-state index contributed by atoms with van der Waals surface area (Å²) in [4.78, 5) is 7.01. The summed E-state index contributed by atoms with van der Waals surface area (Å²) in [5, 5.41) is 6.88. The van der Waals surface area contributed by atoms with Gasteiger partial charge in [0.05, 0.1) is 37.5 Å². The molecule has 6 nitrogen and oxygen atoms in total. The zero-order valence-corrected chi connectivity index (χ0v) is 13.2. The molecule has 4 unspecified atom stereocenters. The van der Waals surface area contributed by atoms with E-state index in [0.717, 1.165) is 38.6 Å². The molecular weight excluding hydrogens is 268 g/mol. The first-order valence-electron chi connectivity index (χ1n) is 8.25. The largest absolute Gasteiger partial charge is 0.374 e. The quantitative estimate of drug-likeness (QED) is 0.573. The summed E-state index contributed by atoms with van der Waals surface area (Å²) >= 11 is 0. The molecule has 0 aromatic carbocycles. The fourth-order valence-electron chi connectivity index (χ4n) is 3.46. The fourth-order valence-corrected chi connectivity index (χ4v) is 3.46. The summed E-state index contributed by atoms with van der Waals surface area (Å²) in [7, 11) is 2.13. The van der Waals surface area contributed by atoms with Crippen molar-refractivity contribution in [2.75, 3.05) is 39.8 Å². The van der Waals surface area contributed by atoms with Gasteiger partial charge in [0.2, 0.25) is 0 Å². The molecule has 3 aliphatic rings. The van der Waals surface area contributed by atoms with Crippen molar-refractivity contribution in [3.05, 3.63) is 0 Å². The van der Waals surface area contributed by atoms with Crippen molar-refractivity contribution in [1.82, 2.24) is 15.5 Å². The van der Waals surface area contributed by atoms with Crippen molar-refractivity contribution in [1.29, 1.82) is 0 Å². The van der Waals surface area contributed by atoms with Gasteiger partial charge in [0.15, 0.2) is 5.96 Å². The SMILES string of the molecule is CCNC(=NCC1CN(C)CCO1)NC1CC2CCC1O2. The molecule has 120 valence electrons. The van der Waals surface area contributed by atoms with Gasteiger partial charge in [-0.3, -0.25) is 4.99 Å². The highest BCUT2D eigenvalue weighted by atomic mass is 16.5. The number of hydrogen-bond donors (Lipinski definition) is 2. The summed E-state index contributed by atoms with van der Waals surface area (Å²) in [6.45, 7) is 6.46.